The van der Waals surface area contributed by atoms with E-state index in [1.165, 1.54) is 19.4 Å². The summed E-state index contributed by atoms with van der Waals surface area (Å²) in [5.74, 6) is -4.26. The largest absolute Gasteiger partial charge is 0.544 e. The van der Waals surface area contributed by atoms with E-state index in [0.29, 0.717) is 5.56 Å². The second-order valence-electron chi connectivity index (χ2n) is 7.30. The number of imide groups is 1. The van der Waals surface area contributed by atoms with E-state index in [9.17, 15) is 24.6 Å². The molecule has 8 nitrogen and oxygen atoms in total. The third-order valence-electron chi connectivity index (χ3n) is 5.51. The number of ether oxygens (including phenoxy) is 1. The summed E-state index contributed by atoms with van der Waals surface area (Å²) in [5.41, 5.74) is -1.25. The van der Waals surface area contributed by atoms with E-state index in [1.807, 2.05) is 0 Å². The quantitative estimate of drug-likeness (QED) is 0.631. The number of phenols is 1. The highest BCUT2D eigenvalue weighted by atomic mass is 16.5. The minimum atomic E-state index is -1.61. The van der Waals surface area contributed by atoms with Crippen molar-refractivity contribution in [1.29, 1.82) is 0 Å². The molecule has 2 saturated heterocycles. The molecule has 8 heteroatoms. The number of carbonyl (C=O) groups excluding carboxylic acids is 3. The van der Waals surface area contributed by atoms with Crippen molar-refractivity contribution in [2.45, 2.75) is 38.4 Å². The minimum absolute atomic E-state index is 0.166. The summed E-state index contributed by atoms with van der Waals surface area (Å²) in [5, 5.41) is 23.8. The molecule has 0 unspecified atom stereocenters. The first-order chi connectivity index (χ1) is 12.1. The van der Waals surface area contributed by atoms with Gasteiger partial charge in [0.15, 0.2) is 11.5 Å². The molecule has 2 aliphatic rings. The Labute approximate surface area is 150 Å². The van der Waals surface area contributed by atoms with Gasteiger partial charge in [0.2, 0.25) is 11.8 Å². The lowest BCUT2D eigenvalue weighted by Crippen LogP contribution is -2.98. The van der Waals surface area contributed by atoms with Gasteiger partial charge in [-0.25, -0.2) is 0 Å². The first kappa shape index (κ1) is 18.2. The number of phenolic OH excluding ortho intramolecular Hbond substituents is 1. The van der Waals surface area contributed by atoms with Gasteiger partial charge in [0, 0.05) is 6.04 Å². The zero-order valence-electron chi connectivity index (χ0n) is 15.1. The van der Waals surface area contributed by atoms with Gasteiger partial charge in [-0.15, -0.1) is 0 Å². The SMILES string of the molecule is COc1cccc([C@H]2[NH2+][C@@](C)(C(=O)[O-])[C@@H]3C(=O)N(C(C)C)C(=O)[C@@H]23)c1O. The smallest absolute Gasteiger partial charge is 0.240 e. The number of amides is 2. The highest BCUT2D eigenvalue weighted by Crippen LogP contribution is 2.47. The van der Waals surface area contributed by atoms with Gasteiger partial charge in [-0.2, -0.15) is 0 Å². The molecule has 0 saturated carbocycles. The number of nitrogens with zero attached hydrogens (tertiary/aromatic N) is 1. The number of quaternary nitrogens is 1. The van der Waals surface area contributed by atoms with Crippen molar-refractivity contribution in [3.63, 3.8) is 0 Å². The lowest BCUT2D eigenvalue weighted by molar-refractivity contribution is -0.735. The maximum absolute atomic E-state index is 13.0. The van der Waals surface area contributed by atoms with Gasteiger partial charge in [0.25, 0.3) is 0 Å². The van der Waals surface area contributed by atoms with Crippen molar-refractivity contribution in [1.82, 2.24) is 4.90 Å². The number of benzene rings is 1. The molecule has 140 valence electrons. The van der Waals surface area contributed by atoms with E-state index in [4.69, 9.17) is 4.74 Å². The molecule has 4 atom stereocenters. The third kappa shape index (κ3) is 2.28. The molecule has 26 heavy (non-hydrogen) atoms. The summed E-state index contributed by atoms with van der Waals surface area (Å²) in [6.07, 6.45) is 0. The summed E-state index contributed by atoms with van der Waals surface area (Å²) in [6, 6.07) is 3.69. The maximum Gasteiger partial charge on any atom is 0.240 e. The second-order valence-corrected chi connectivity index (χ2v) is 7.30. The molecule has 2 amide bonds. The molecule has 2 fully saturated rings. The highest BCUT2D eigenvalue weighted by Gasteiger charge is 2.68. The van der Waals surface area contributed by atoms with E-state index >= 15 is 0 Å². The van der Waals surface area contributed by atoms with Gasteiger partial charge in [-0.05, 0) is 32.9 Å². The Hall–Kier alpha value is -2.61. The lowest BCUT2D eigenvalue weighted by atomic mass is 9.80. The van der Waals surface area contributed by atoms with E-state index < -0.39 is 41.2 Å². The second kappa shape index (κ2) is 5.98. The molecule has 0 radical (unpaired) electrons. The van der Waals surface area contributed by atoms with Crippen molar-refractivity contribution in [3.8, 4) is 11.5 Å². The summed E-state index contributed by atoms with van der Waals surface area (Å²) >= 11 is 0. The monoisotopic (exact) mass is 362 g/mol. The minimum Gasteiger partial charge on any atom is -0.544 e. The van der Waals surface area contributed by atoms with Crippen LogP contribution in [0.2, 0.25) is 0 Å². The number of aliphatic carboxylic acids is 1. The zero-order chi connectivity index (χ0) is 19.4. The summed E-state index contributed by atoms with van der Waals surface area (Å²) in [7, 11) is 1.40. The first-order valence-electron chi connectivity index (χ1n) is 8.45. The average Bonchev–Trinajstić information content (AvgIpc) is 3.02. The Morgan fingerprint density at radius 2 is 2.00 bits per heavy atom. The number of carboxylic acids is 1. The topological polar surface area (TPSA) is 124 Å². The predicted octanol–water partition coefficient (Wildman–Crippen LogP) is -1.46. The van der Waals surface area contributed by atoms with E-state index in [0.717, 1.165) is 4.90 Å². The molecule has 1 aromatic rings. The van der Waals surface area contributed by atoms with Crippen LogP contribution in [0.5, 0.6) is 11.5 Å². The highest BCUT2D eigenvalue weighted by molar-refractivity contribution is 6.08. The maximum atomic E-state index is 13.0. The van der Waals surface area contributed by atoms with Gasteiger partial charge in [-0.1, -0.05) is 6.07 Å². The fourth-order valence-electron chi connectivity index (χ4n) is 4.25. The van der Waals surface area contributed by atoms with Crippen molar-refractivity contribution in [2.75, 3.05) is 7.11 Å². The Kier molecular flexibility index (Phi) is 4.18. The standard InChI is InChI=1S/C18H22N2O6/c1-8(2)20-15(22)11-12(16(20)23)18(3,17(24)25)19-13(11)9-6-5-7-10(26-4)14(9)21/h5-8,11-13,19,21H,1-4H3,(H,24,25)/t11-,12+,13-,18-/m1/s1. The molecule has 0 aliphatic carbocycles. The average molecular weight is 362 g/mol. The first-order valence-corrected chi connectivity index (χ1v) is 8.45. The Bertz CT molecular complexity index is 792. The van der Waals surface area contributed by atoms with Crippen LogP contribution in [0.3, 0.4) is 0 Å². The van der Waals surface area contributed by atoms with Gasteiger partial charge in [0.05, 0.1) is 12.7 Å². The molecule has 0 aromatic heterocycles. The van der Waals surface area contributed by atoms with Crippen LogP contribution in [0.4, 0.5) is 0 Å². The number of hydrogen-bond donors (Lipinski definition) is 2. The van der Waals surface area contributed by atoms with Crippen molar-refractivity contribution < 1.29 is 34.7 Å². The van der Waals surface area contributed by atoms with Crippen molar-refractivity contribution in [3.05, 3.63) is 23.8 Å². The van der Waals surface area contributed by atoms with Gasteiger partial charge in [-0.3, -0.25) is 14.5 Å². The normalized spacial score (nSPS) is 30.8. The van der Waals surface area contributed by atoms with Crippen LogP contribution in [0.1, 0.15) is 32.4 Å². The Morgan fingerprint density at radius 3 is 2.54 bits per heavy atom. The predicted molar refractivity (Wildman–Crippen MR) is 86.7 cm³/mol. The number of hydrogen-bond acceptors (Lipinski definition) is 6. The third-order valence-corrected chi connectivity index (χ3v) is 5.51. The lowest BCUT2D eigenvalue weighted by Gasteiger charge is -2.30. The van der Waals surface area contributed by atoms with Crippen molar-refractivity contribution in [2.24, 2.45) is 11.8 Å². The number of aromatic hydroxyl groups is 1. The number of carbonyl (C=O) groups is 3. The van der Waals surface area contributed by atoms with Crippen LogP contribution in [-0.2, 0) is 14.4 Å². The molecule has 0 bridgehead atoms. The number of likely N-dealkylation sites (tertiary alicyclic amines) is 1. The van der Waals surface area contributed by atoms with Crippen LogP contribution in [-0.4, -0.2) is 46.5 Å². The van der Waals surface area contributed by atoms with Gasteiger partial charge >= 0.3 is 0 Å². The van der Waals surface area contributed by atoms with Crippen LogP contribution in [0.15, 0.2) is 18.2 Å². The molecule has 3 N–H and O–H groups in total. The Balaban J connectivity index is 2.16. The fourth-order valence-corrected chi connectivity index (χ4v) is 4.25. The molecule has 2 aliphatic heterocycles. The summed E-state index contributed by atoms with van der Waals surface area (Å²) in [6.45, 7) is 4.80. The molecule has 2 heterocycles. The number of nitrogens with two attached hydrogens (primary N) is 1. The number of rotatable bonds is 4. The zero-order valence-corrected chi connectivity index (χ0v) is 15.1. The number of carboxylic acid groups (broad SMARTS) is 1. The molecular weight excluding hydrogens is 340 g/mol. The van der Waals surface area contributed by atoms with E-state index in [2.05, 4.69) is 0 Å². The van der Waals surface area contributed by atoms with Gasteiger partial charge < -0.3 is 25.1 Å². The summed E-state index contributed by atoms with van der Waals surface area (Å²) in [4.78, 5) is 38.8. The molecular formula is C18H22N2O6. The van der Waals surface area contributed by atoms with Crippen molar-refractivity contribution >= 4 is 17.8 Å². The van der Waals surface area contributed by atoms with E-state index in [1.54, 1.807) is 32.0 Å². The van der Waals surface area contributed by atoms with Crippen LogP contribution in [0.25, 0.3) is 0 Å². The van der Waals surface area contributed by atoms with Crippen LogP contribution < -0.4 is 15.2 Å². The Morgan fingerprint density at radius 1 is 1.35 bits per heavy atom. The molecule has 0 spiro atoms. The number of methoxy groups -OCH3 is 1. The van der Waals surface area contributed by atoms with E-state index in [-0.39, 0.29) is 17.5 Å². The summed E-state index contributed by atoms with van der Waals surface area (Å²) < 4.78 is 5.11. The number of para-hydroxylation sites is 1. The van der Waals surface area contributed by atoms with Crippen LogP contribution in [0, 0.1) is 11.8 Å². The fraction of sp³-hybridized carbons (Fsp3) is 0.500. The molecule has 1 aromatic carbocycles. The molecule has 3 rings (SSSR count). The number of fused-ring (bicyclic) bond motifs is 1. The van der Waals surface area contributed by atoms with Crippen LogP contribution >= 0.6 is 0 Å². The van der Waals surface area contributed by atoms with Gasteiger partial charge in [0.1, 0.15) is 29.4 Å².